The molecule has 18 heavy (non-hydrogen) atoms. The van der Waals surface area contributed by atoms with Crippen LogP contribution in [0.25, 0.3) is 0 Å². The Hall–Kier alpha value is -0.860. The van der Waals surface area contributed by atoms with Crippen LogP contribution in [0.4, 0.5) is 0 Å². The van der Waals surface area contributed by atoms with Crippen LogP contribution in [0, 0.1) is 5.92 Å². The Balaban J connectivity index is 2.05. The van der Waals surface area contributed by atoms with Gasteiger partial charge in [0.05, 0.1) is 0 Å². The maximum atomic E-state index is 3.51. The van der Waals surface area contributed by atoms with Gasteiger partial charge in [0.1, 0.15) is 0 Å². The fraction of sp³-hybridized carbons (Fsp3) is 0.625. The van der Waals surface area contributed by atoms with Crippen LogP contribution in [0.5, 0.6) is 0 Å². The summed E-state index contributed by atoms with van der Waals surface area (Å²) >= 11 is 0. The number of hydrogen-bond donors (Lipinski definition) is 1. The Kier molecular flexibility index (Phi) is 4.79. The summed E-state index contributed by atoms with van der Waals surface area (Å²) in [4.78, 5) is 2.65. The fourth-order valence-electron chi connectivity index (χ4n) is 2.88. The van der Waals surface area contributed by atoms with E-state index < -0.39 is 0 Å². The minimum atomic E-state index is 0.651. The van der Waals surface area contributed by atoms with E-state index in [-0.39, 0.29) is 0 Å². The first-order valence-electron chi connectivity index (χ1n) is 7.24. The molecule has 0 saturated carbocycles. The molecule has 0 amide bonds. The van der Waals surface area contributed by atoms with Gasteiger partial charge in [0.2, 0.25) is 0 Å². The van der Waals surface area contributed by atoms with Crippen LogP contribution in [0.1, 0.15) is 31.9 Å². The molecule has 1 aliphatic rings. The first-order valence-corrected chi connectivity index (χ1v) is 7.24. The second kappa shape index (κ2) is 6.35. The van der Waals surface area contributed by atoms with E-state index in [1.165, 1.54) is 18.5 Å². The monoisotopic (exact) mass is 246 g/mol. The minimum Gasteiger partial charge on any atom is -0.315 e. The third kappa shape index (κ3) is 3.12. The van der Waals surface area contributed by atoms with Gasteiger partial charge in [-0.1, -0.05) is 45.0 Å². The van der Waals surface area contributed by atoms with Crippen molar-refractivity contribution in [1.29, 1.82) is 0 Å². The van der Waals surface area contributed by atoms with E-state index >= 15 is 0 Å². The molecule has 0 aliphatic carbocycles. The summed E-state index contributed by atoms with van der Waals surface area (Å²) in [5, 5.41) is 3.51. The highest BCUT2D eigenvalue weighted by Crippen LogP contribution is 2.22. The first-order chi connectivity index (χ1) is 8.72. The Morgan fingerprint density at radius 1 is 1.22 bits per heavy atom. The van der Waals surface area contributed by atoms with Crippen molar-refractivity contribution >= 4 is 0 Å². The van der Waals surface area contributed by atoms with E-state index in [9.17, 15) is 0 Å². The molecule has 2 heteroatoms. The summed E-state index contributed by atoms with van der Waals surface area (Å²) in [6.45, 7) is 11.3. The number of nitrogens with zero attached hydrogens (tertiary/aromatic N) is 1. The lowest BCUT2D eigenvalue weighted by molar-refractivity contribution is 0.137. The van der Waals surface area contributed by atoms with Gasteiger partial charge >= 0.3 is 0 Å². The summed E-state index contributed by atoms with van der Waals surface area (Å²) in [5.74, 6) is 0.703. The summed E-state index contributed by atoms with van der Waals surface area (Å²) in [6, 6.07) is 9.54. The van der Waals surface area contributed by atoms with Crippen LogP contribution in [-0.2, 0) is 13.0 Å². The fourth-order valence-corrected chi connectivity index (χ4v) is 2.88. The van der Waals surface area contributed by atoms with E-state index in [0.29, 0.717) is 12.0 Å². The molecule has 0 bridgehead atoms. The maximum absolute atomic E-state index is 3.51. The number of rotatable bonds is 5. The van der Waals surface area contributed by atoms with Crippen molar-refractivity contribution in [2.45, 2.75) is 39.8 Å². The van der Waals surface area contributed by atoms with Crippen molar-refractivity contribution in [2.24, 2.45) is 5.92 Å². The molecule has 100 valence electrons. The van der Waals surface area contributed by atoms with Crippen LogP contribution < -0.4 is 5.32 Å². The van der Waals surface area contributed by atoms with Gasteiger partial charge in [0, 0.05) is 25.7 Å². The molecule has 2 rings (SSSR count). The van der Waals surface area contributed by atoms with Crippen molar-refractivity contribution in [3.63, 3.8) is 0 Å². The van der Waals surface area contributed by atoms with Gasteiger partial charge in [0.15, 0.2) is 0 Å². The smallest absolute Gasteiger partial charge is 0.0247 e. The van der Waals surface area contributed by atoms with Crippen LogP contribution in [-0.4, -0.2) is 30.6 Å². The first kappa shape index (κ1) is 13.6. The van der Waals surface area contributed by atoms with E-state index in [4.69, 9.17) is 0 Å². The molecule has 1 aromatic carbocycles. The molecule has 1 unspecified atom stereocenters. The molecule has 1 heterocycles. The van der Waals surface area contributed by atoms with Crippen molar-refractivity contribution in [1.82, 2.24) is 10.2 Å². The Bertz CT molecular complexity index is 373. The van der Waals surface area contributed by atoms with Gasteiger partial charge in [0.25, 0.3) is 0 Å². The highest BCUT2D eigenvalue weighted by molar-refractivity contribution is 5.29. The van der Waals surface area contributed by atoms with Crippen LogP contribution >= 0.6 is 0 Å². The number of benzene rings is 1. The molecule has 1 N–H and O–H groups in total. The highest BCUT2D eigenvalue weighted by Gasteiger charge is 2.24. The van der Waals surface area contributed by atoms with Crippen LogP contribution in [0.3, 0.4) is 0 Å². The summed E-state index contributed by atoms with van der Waals surface area (Å²) in [7, 11) is 0. The van der Waals surface area contributed by atoms with Crippen molar-refractivity contribution < 1.29 is 0 Å². The van der Waals surface area contributed by atoms with Gasteiger partial charge in [-0.3, -0.25) is 4.90 Å². The lowest BCUT2D eigenvalue weighted by Crippen LogP contribution is -2.47. The van der Waals surface area contributed by atoms with Crippen LogP contribution in [0.15, 0.2) is 24.3 Å². The zero-order chi connectivity index (χ0) is 13.0. The van der Waals surface area contributed by atoms with Crippen molar-refractivity contribution in [3.05, 3.63) is 35.4 Å². The number of fused-ring (bicyclic) bond motifs is 1. The number of likely N-dealkylation sites (N-methyl/N-ethyl adjacent to an activating group) is 1. The standard InChI is InChI=1S/C16H26N2/c1-4-17-11-16(13(2)3)18-10-9-14-7-5-6-8-15(14)12-18/h5-8,13,16-17H,4,9-12H2,1-3H3. The van der Waals surface area contributed by atoms with Crippen molar-refractivity contribution in [3.8, 4) is 0 Å². The molecular weight excluding hydrogens is 220 g/mol. The molecule has 1 aliphatic heterocycles. The molecule has 0 fully saturated rings. The minimum absolute atomic E-state index is 0.651. The average molecular weight is 246 g/mol. The highest BCUT2D eigenvalue weighted by atomic mass is 15.2. The third-order valence-electron chi connectivity index (χ3n) is 4.00. The predicted molar refractivity (Wildman–Crippen MR) is 77.7 cm³/mol. The summed E-state index contributed by atoms with van der Waals surface area (Å²) in [5.41, 5.74) is 3.06. The largest absolute Gasteiger partial charge is 0.315 e. The topological polar surface area (TPSA) is 15.3 Å². The molecule has 0 spiro atoms. The molecule has 0 saturated heterocycles. The lowest BCUT2D eigenvalue weighted by Gasteiger charge is -2.38. The quantitative estimate of drug-likeness (QED) is 0.859. The SMILES string of the molecule is CCNCC(C(C)C)N1CCc2ccccc2C1. The Morgan fingerprint density at radius 2 is 1.94 bits per heavy atom. The second-order valence-corrected chi connectivity index (χ2v) is 5.61. The molecule has 1 aromatic rings. The Labute approximate surface area is 111 Å². The molecule has 1 atom stereocenters. The molecular formula is C16H26N2. The Morgan fingerprint density at radius 3 is 2.61 bits per heavy atom. The van der Waals surface area contributed by atoms with E-state index in [2.05, 4.69) is 55.3 Å². The predicted octanol–water partition coefficient (Wildman–Crippen LogP) is 2.68. The van der Waals surface area contributed by atoms with Gasteiger partial charge in [-0.2, -0.15) is 0 Å². The van der Waals surface area contributed by atoms with E-state index in [1.54, 1.807) is 5.56 Å². The summed E-state index contributed by atoms with van der Waals surface area (Å²) < 4.78 is 0. The van der Waals surface area contributed by atoms with Gasteiger partial charge in [-0.25, -0.2) is 0 Å². The zero-order valence-electron chi connectivity index (χ0n) is 11.9. The average Bonchev–Trinajstić information content (AvgIpc) is 2.38. The maximum Gasteiger partial charge on any atom is 0.0247 e. The van der Waals surface area contributed by atoms with Gasteiger partial charge in [-0.15, -0.1) is 0 Å². The number of nitrogens with one attached hydrogen (secondary N) is 1. The van der Waals surface area contributed by atoms with Crippen molar-refractivity contribution in [2.75, 3.05) is 19.6 Å². The molecule has 0 aromatic heterocycles. The lowest BCUT2D eigenvalue weighted by atomic mass is 9.95. The van der Waals surface area contributed by atoms with Gasteiger partial charge < -0.3 is 5.32 Å². The molecule has 0 radical (unpaired) electrons. The number of hydrogen-bond acceptors (Lipinski definition) is 2. The zero-order valence-corrected chi connectivity index (χ0v) is 11.9. The van der Waals surface area contributed by atoms with Crippen LogP contribution in [0.2, 0.25) is 0 Å². The second-order valence-electron chi connectivity index (χ2n) is 5.61. The van der Waals surface area contributed by atoms with Gasteiger partial charge in [-0.05, 0) is 30.0 Å². The van der Waals surface area contributed by atoms with E-state index in [1.807, 2.05) is 0 Å². The third-order valence-corrected chi connectivity index (χ3v) is 4.00. The molecule has 2 nitrogen and oxygen atoms in total. The summed E-state index contributed by atoms with van der Waals surface area (Å²) in [6.07, 6.45) is 1.20. The normalized spacial score (nSPS) is 17.8. The van der Waals surface area contributed by atoms with E-state index in [0.717, 1.165) is 19.6 Å².